The molecule has 0 spiro atoms. The molecule has 3 heterocycles. The minimum absolute atomic E-state index is 0. The van der Waals surface area contributed by atoms with Crippen molar-refractivity contribution in [1.29, 1.82) is 0 Å². The molecule has 5 nitrogen and oxygen atoms in total. The fourth-order valence-corrected chi connectivity index (χ4v) is 3.40. The van der Waals surface area contributed by atoms with Crippen LogP contribution >= 0.6 is 36.4 Å². The van der Waals surface area contributed by atoms with Crippen LogP contribution in [0.5, 0.6) is 0 Å². The Morgan fingerprint density at radius 3 is 2.30 bits per heavy atom. The SMILES string of the molecule is CC(C(=O)N1CCN(c2ncc(C(F)(F)F)cc2Cl)CC1)C1CNC1.Cl.Cl. The van der Waals surface area contributed by atoms with Crippen LogP contribution in [0.25, 0.3) is 0 Å². The van der Waals surface area contributed by atoms with E-state index < -0.39 is 11.7 Å². The van der Waals surface area contributed by atoms with E-state index in [0.29, 0.717) is 37.9 Å². The van der Waals surface area contributed by atoms with Gasteiger partial charge in [-0.1, -0.05) is 18.5 Å². The highest BCUT2D eigenvalue weighted by atomic mass is 35.5. The number of halogens is 6. The number of hydrogen-bond donors (Lipinski definition) is 1. The van der Waals surface area contributed by atoms with E-state index in [2.05, 4.69) is 10.3 Å². The first-order chi connectivity index (χ1) is 11.8. The molecule has 2 saturated heterocycles. The summed E-state index contributed by atoms with van der Waals surface area (Å²) >= 11 is 5.99. The number of alkyl halides is 3. The summed E-state index contributed by atoms with van der Waals surface area (Å²) in [4.78, 5) is 20.0. The van der Waals surface area contributed by atoms with E-state index in [4.69, 9.17) is 11.6 Å². The molecule has 1 unspecified atom stereocenters. The molecule has 154 valence electrons. The van der Waals surface area contributed by atoms with E-state index >= 15 is 0 Å². The number of rotatable bonds is 3. The number of nitrogens with one attached hydrogen (secondary N) is 1. The molecular weight excluding hydrogens is 428 g/mol. The average molecular weight is 450 g/mol. The normalized spacial score (nSPS) is 18.9. The minimum Gasteiger partial charge on any atom is -0.352 e. The summed E-state index contributed by atoms with van der Waals surface area (Å²) in [5.41, 5.74) is -0.863. The van der Waals surface area contributed by atoms with Crippen LogP contribution in [0, 0.1) is 11.8 Å². The van der Waals surface area contributed by atoms with Crippen LogP contribution < -0.4 is 10.2 Å². The van der Waals surface area contributed by atoms with E-state index in [9.17, 15) is 18.0 Å². The number of aromatic nitrogens is 1. The van der Waals surface area contributed by atoms with E-state index in [1.807, 2.05) is 16.7 Å². The summed E-state index contributed by atoms with van der Waals surface area (Å²) in [6.45, 7) is 5.73. The van der Waals surface area contributed by atoms with Gasteiger partial charge in [-0.3, -0.25) is 4.79 Å². The Kier molecular flexibility index (Phi) is 8.47. The Bertz CT molecular complexity index is 650. The Morgan fingerprint density at radius 1 is 1.26 bits per heavy atom. The maximum atomic E-state index is 12.7. The Labute approximate surface area is 173 Å². The second kappa shape index (κ2) is 9.49. The summed E-state index contributed by atoms with van der Waals surface area (Å²) in [7, 11) is 0. The van der Waals surface area contributed by atoms with Gasteiger partial charge in [0.05, 0.1) is 10.6 Å². The number of pyridine rings is 1. The zero-order valence-corrected chi connectivity index (χ0v) is 17.0. The van der Waals surface area contributed by atoms with Gasteiger partial charge in [-0.15, -0.1) is 24.8 Å². The van der Waals surface area contributed by atoms with Gasteiger partial charge in [0.15, 0.2) is 0 Å². The topological polar surface area (TPSA) is 48.5 Å². The second-order valence-corrected chi connectivity index (χ2v) is 6.95. The van der Waals surface area contributed by atoms with Gasteiger partial charge in [0.25, 0.3) is 0 Å². The van der Waals surface area contributed by atoms with Crippen LogP contribution in [-0.2, 0) is 11.0 Å². The minimum atomic E-state index is -4.47. The fourth-order valence-electron chi connectivity index (χ4n) is 3.11. The molecule has 1 atom stereocenters. The van der Waals surface area contributed by atoms with Crippen molar-refractivity contribution in [2.45, 2.75) is 13.1 Å². The smallest absolute Gasteiger partial charge is 0.352 e. The van der Waals surface area contributed by atoms with Crippen LogP contribution in [0.1, 0.15) is 12.5 Å². The number of carbonyl (C=O) groups excluding carboxylic acids is 1. The van der Waals surface area contributed by atoms with Gasteiger partial charge in [0, 0.05) is 38.3 Å². The van der Waals surface area contributed by atoms with Gasteiger partial charge >= 0.3 is 6.18 Å². The molecule has 1 N–H and O–H groups in total. The number of hydrogen-bond acceptors (Lipinski definition) is 4. The predicted molar refractivity (Wildman–Crippen MR) is 103 cm³/mol. The second-order valence-electron chi connectivity index (χ2n) is 6.55. The molecular formula is C16H22Cl3F3N4O. The van der Waals surface area contributed by atoms with E-state index in [-0.39, 0.29) is 41.7 Å². The van der Waals surface area contributed by atoms with Crippen molar-refractivity contribution < 1.29 is 18.0 Å². The number of nitrogens with zero attached hydrogens (tertiary/aromatic N) is 3. The maximum Gasteiger partial charge on any atom is 0.417 e. The highest BCUT2D eigenvalue weighted by Crippen LogP contribution is 2.33. The molecule has 0 bridgehead atoms. The van der Waals surface area contributed by atoms with Gasteiger partial charge in [-0.25, -0.2) is 4.98 Å². The van der Waals surface area contributed by atoms with Crippen LogP contribution in [0.4, 0.5) is 19.0 Å². The molecule has 27 heavy (non-hydrogen) atoms. The van der Waals surface area contributed by atoms with Crippen molar-refractivity contribution in [1.82, 2.24) is 15.2 Å². The Balaban J connectivity index is 0.00000182. The molecule has 0 saturated carbocycles. The first-order valence-corrected chi connectivity index (χ1v) is 8.62. The third-order valence-corrected chi connectivity index (χ3v) is 5.23. The summed E-state index contributed by atoms with van der Waals surface area (Å²) in [5, 5.41) is 3.14. The molecule has 1 amide bonds. The summed E-state index contributed by atoms with van der Waals surface area (Å²) in [6, 6.07) is 0.896. The zero-order valence-electron chi connectivity index (χ0n) is 14.6. The molecule has 1 aromatic heterocycles. The molecule has 0 radical (unpaired) electrons. The highest BCUT2D eigenvalue weighted by molar-refractivity contribution is 6.33. The summed E-state index contributed by atoms with van der Waals surface area (Å²) in [6.07, 6.45) is -3.67. The third kappa shape index (κ3) is 5.31. The van der Waals surface area contributed by atoms with Crippen molar-refractivity contribution >= 4 is 48.1 Å². The molecule has 2 aliphatic heterocycles. The van der Waals surface area contributed by atoms with Gasteiger partial charge in [0.1, 0.15) is 5.82 Å². The average Bonchev–Trinajstić information content (AvgIpc) is 2.52. The van der Waals surface area contributed by atoms with Crippen LogP contribution in [0.3, 0.4) is 0 Å². The number of anilines is 1. The van der Waals surface area contributed by atoms with E-state index in [1.165, 1.54) is 0 Å². The standard InChI is InChI=1S/C16H20ClF3N4O.2ClH/c1-10(11-7-21-8-11)15(25)24-4-2-23(3-5-24)14-13(17)6-12(9-22-14)16(18,19)20;;/h6,9-11,21H,2-5,7-8H2,1H3;2*1H. The number of amides is 1. The number of piperazine rings is 1. The summed E-state index contributed by atoms with van der Waals surface area (Å²) < 4.78 is 38.1. The van der Waals surface area contributed by atoms with Crippen molar-refractivity contribution in [3.05, 3.63) is 22.8 Å². The highest BCUT2D eigenvalue weighted by Gasteiger charge is 2.34. The Morgan fingerprint density at radius 2 is 1.85 bits per heavy atom. The van der Waals surface area contributed by atoms with Crippen LogP contribution in [0.15, 0.2) is 12.3 Å². The van der Waals surface area contributed by atoms with Crippen molar-refractivity contribution in [2.24, 2.45) is 11.8 Å². The number of carbonyl (C=O) groups is 1. The lowest BCUT2D eigenvalue weighted by Crippen LogP contribution is -2.54. The molecule has 2 aliphatic rings. The van der Waals surface area contributed by atoms with Gasteiger partial charge in [-0.05, 0) is 25.1 Å². The fraction of sp³-hybridized carbons (Fsp3) is 0.625. The zero-order chi connectivity index (χ0) is 18.2. The lowest BCUT2D eigenvalue weighted by Gasteiger charge is -2.39. The largest absolute Gasteiger partial charge is 0.417 e. The van der Waals surface area contributed by atoms with Gasteiger partial charge in [-0.2, -0.15) is 13.2 Å². The quantitative estimate of drug-likeness (QED) is 0.770. The molecule has 2 fully saturated rings. The molecule has 1 aromatic rings. The molecule has 0 aromatic carbocycles. The van der Waals surface area contributed by atoms with E-state index in [0.717, 1.165) is 25.4 Å². The Hall–Kier alpha value is -0.960. The van der Waals surface area contributed by atoms with Crippen LogP contribution in [0.2, 0.25) is 5.02 Å². The monoisotopic (exact) mass is 448 g/mol. The summed E-state index contributed by atoms with van der Waals surface area (Å²) in [5.74, 6) is 0.841. The molecule has 0 aliphatic carbocycles. The van der Waals surface area contributed by atoms with Crippen molar-refractivity contribution in [2.75, 3.05) is 44.2 Å². The van der Waals surface area contributed by atoms with Crippen molar-refractivity contribution in [3.8, 4) is 0 Å². The molecule has 11 heteroatoms. The predicted octanol–water partition coefficient (Wildman–Crippen LogP) is 3.10. The maximum absolute atomic E-state index is 12.7. The molecule has 3 rings (SSSR count). The lowest BCUT2D eigenvalue weighted by atomic mass is 9.88. The van der Waals surface area contributed by atoms with Gasteiger partial charge < -0.3 is 15.1 Å². The van der Waals surface area contributed by atoms with E-state index in [1.54, 1.807) is 0 Å². The first-order valence-electron chi connectivity index (χ1n) is 8.24. The third-order valence-electron chi connectivity index (χ3n) is 4.95. The van der Waals surface area contributed by atoms with Crippen LogP contribution in [-0.4, -0.2) is 55.1 Å². The lowest BCUT2D eigenvalue weighted by molar-refractivity contribution is -0.138. The van der Waals surface area contributed by atoms with Gasteiger partial charge in [0.2, 0.25) is 5.91 Å². The van der Waals surface area contributed by atoms with Crippen molar-refractivity contribution in [3.63, 3.8) is 0 Å². The first kappa shape index (κ1) is 24.1.